The number of halogens is 2. The number of hydrogen-bond donors (Lipinski definition) is 1. The fourth-order valence-electron chi connectivity index (χ4n) is 0.808. The van der Waals surface area contributed by atoms with E-state index < -0.39 is 0 Å². The van der Waals surface area contributed by atoms with Crippen molar-refractivity contribution in [1.29, 1.82) is 0 Å². The Morgan fingerprint density at radius 1 is 1.31 bits per heavy atom. The predicted octanol–water partition coefficient (Wildman–Crippen LogP) is -3.78. The SMILES string of the molecule is CC(C)(C)[NH][Ti+2][C]1=CC=CC1.[Cl-].[Cl-]. The Balaban J connectivity index is 0. The molecule has 0 aliphatic heterocycles. The maximum Gasteiger partial charge on any atom is -1.00 e. The molecule has 74 valence electrons. The van der Waals surface area contributed by atoms with Crippen LogP contribution < -0.4 is 28.6 Å². The molecule has 0 saturated carbocycles. The van der Waals surface area contributed by atoms with Crippen LogP contribution in [0, 0.1) is 0 Å². The van der Waals surface area contributed by atoms with Gasteiger partial charge in [-0.1, -0.05) is 0 Å². The third-order valence-electron chi connectivity index (χ3n) is 1.37. The molecule has 1 N–H and O–H groups in total. The minimum atomic E-state index is -0.0486. The minimum absolute atomic E-state index is 0. The number of rotatable bonds is 2. The Morgan fingerprint density at radius 2 is 1.92 bits per heavy atom. The molecule has 0 amide bonds. The van der Waals surface area contributed by atoms with Gasteiger partial charge in [0.2, 0.25) is 0 Å². The van der Waals surface area contributed by atoms with Gasteiger partial charge in [-0.05, 0) is 0 Å². The van der Waals surface area contributed by atoms with Crippen LogP contribution in [0.5, 0.6) is 0 Å². The van der Waals surface area contributed by atoms with Crippen LogP contribution in [0.3, 0.4) is 0 Å². The van der Waals surface area contributed by atoms with Crippen molar-refractivity contribution in [1.82, 2.24) is 3.80 Å². The maximum atomic E-state index is 3.58. The summed E-state index contributed by atoms with van der Waals surface area (Å²) in [4.78, 5) is 0. The molecule has 0 spiro atoms. The molecule has 0 aromatic carbocycles. The first kappa shape index (κ1) is 16.2. The second-order valence-electron chi connectivity index (χ2n) is 3.82. The fraction of sp³-hybridized carbons (Fsp3) is 0.556. The molecule has 0 unspecified atom stereocenters. The van der Waals surface area contributed by atoms with Crippen molar-refractivity contribution < 1.29 is 44.2 Å². The minimum Gasteiger partial charge on any atom is -1.00 e. The first-order valence-electron chi connectivity index (χ1n) is 3.97. The molecule has 0 aromatic rings. The zero-order valence-electron chi connectivity index (χ0n) is 8.20. The molecule has 0 aromatic heterocycles. The fourth-order valence-corrected chi connectivity index (χ4v) is 2.27. The molecular weight excluding hydrogens is 241 g/mol. The summed E-state index contributed by atoms with van der Waals surface area (Å²) in [5, 5.41) is 0. The first-order valence-corrected chi connectivity index (χ1v) is 5.53. The summed E-state index contributed by atoms with van der Waals surface area (Å²) < 4.78 is 5.19. The van der Waals surface area contributed by atoms with E-state index >= 15 is 0 Å². The van der Waals surface area contributed by atoms with Crippen LogP contribution in [0.25, 0.3) is 0 Å². The van der Waals surface area contributed by atoms with E-state index in [4.69, 9.17) is 0 Å². The van der Waals surface area contributed by atoms with Gasteiger partial charge in [0.1, 0.15) is 0 Å². The van der Waals surface area contributed by atoms with E-state index in [2.05, 4.69) is 42.8 Å². The normalized spacial score (nSPS) is 13.9. The Labute approximate surface area is 102 Å². The van der Waals surface area contributed by atoms with Gasteiger partial charge in [-0.25, -0.2) is 0 Å². The zero-order valence-corrected chi connectivity index (χ0v) is 11.3. The summed E-state index contributed by atoms with van der Waals surface area (Å²) >= 11 is -0.0486. The van der Waals surface area contributed by atoms with Crippen LogP contribution in [-0.2, 0) is 19.4 Å². The van der Waals surface area contributed by atoms with Crippen molar-refractivity contribution in [3.8, 4) is 0 Å². The van der Waals surface area contributed by atoms with E-state index in [1.54, 1.807) is 3.88 Å². The molecule has 1 rings (SSSR count). The maximum absolute atomic E-state index is 3.58. The molecule has 0 saturated heterocycles. The van der Waals surface area contributed by atoms with Gasteiger partial charge in [0.15, 0.2) is 0 Å². The Morgan fingerprint density at radius 3 is 2.31 bits per heavy atom. The van der Waals surface area contributed by atoms with Gasteiger partial charge < -0.3 is 24.8 Å². The van der Waals surface area contributed by atoms with Crippen LogP contribution in [0.1, 0.15) is 27.2 Å². The number of allylic oxidation sites excluding steroid dienone is 4. The van der Waals surface area contributed by atoms with E-state index in [0.717, 1.165) is 0 Å². The van der Waals surface area contributed by atoms with Crippen molar-refractivity contribution in [3.63, 3.8) is 0 Å². The zero-order chi connectivity index (χ0) is 8.32. The number of hydrogen-bond acceptors (Lipinski definition) is 1. The Hall–Kier alpha value is 0.734. The second kappa shape index (κ2) is 7.08. The van der Waals surface area contributed by atoms with Crippen molar-refractivity contribution >= 4 is 0 Å². The second-order valence-corrected chi connectivity index (χ2v) is 5.61. The largest absolute Gasteiger partial charge is 1.00 e. The van der Waals surface area contributed by atoms with Crippen molar-refractivity contribution in [2.75, 3.05) is 0 Å². The van der Waals surface area contributed by atoms with E-state index in [-0.39, 0.29) is 44.2 Å². The van der Waals surface area contributed by atoms with Crippen molar-refractivity contribution in [2.45, 2.75) is 32.7 Å². The van der Waals surface area contributed by atoms with Crippen LogP contribution in [0.2, 0.25) is 0 Å². The molecule has 0 atom stereocenters. The summed E-state index contributed by atoms with van der Waals surface area (Å²) in [6, 6.07) is 0. The van der Waals surface area contributed by atoms with Gasteiger partial charge in [-0.15, -0.1) is 0 Å². The molecule has 0 bridgehead atoms. The molecule has 1 aliphatic carbocycles. The summed E-state index contributed by atoms with van der Waals surface area (Å²) in [6.07, 6.45) is 7.81. The smallest absolute Gasteiger partial charge is 1.00 e. The average Bonchev–Trinajstić information content (AvgIpc) is 2.32. The van der Waals surface area contributed by atoms with Crippen LogP contribution >= 0.6 is 0 Å². The third kappa shape index (κ3) is 7.78. The Kier molecular flexibility index (Phi) is 8.81. The molecule has 1 nitrogen and oxygen atoms in total. The van der Waals surface area contributed by atoms with E-state index in [1.807, 2.05) is 0 Å². The summed E-state index contributed by atoms with van der Waals surface area (Å²) in [6.45, 7) is 6.66. The van der Waals surface area contributed by atoms with Crippen LogP contribution in [-0.4, -0.2) is 5.54 Å². The van der Waals surface area contributed by atoms with Crippen molar-refractivity contribution in [2.24, 2.45) is 0 Å². The first-order chi connectivity index (χ1) is 5.08. The third-order valence-corrected chi connectivity index (χ3v) is 3.82. The summed E-state index contributed by atoms with van der Waals surface area (Å²) in [7, 11) is 0. The number of nitrogens with one attached hydrogen (secondary N) is 1. The monoisotopic (exact) mass is 255 g/mol. The van der Waals surface area contributed by atoms with E-state index in [0.29, 0.717) is 5.54 Å². The van der Waals surface area contributed by atoms with Gasteiger partial charge in [0, 0.05) is 0 Å². The van der Waals surface area contributed by atoms with Crippen LogP contribution in [0.15, 0.2) is 22.1 Å². The van der Waals surface area contributed by atoms with Crippen LogP contribution in [0.4, 0.5) is 0 Å². The summed E-state index contributed by atoms with van der Waals surface area (Å²) in [5.41, 5.74) is 0.295. The summed E-state index contributed by atoms with van der Waals surface area (Å²) in [5.74, 6) is 0. The molecule has 0 fully saturated rings. The predicted molar refractivity (Wildman–Crippen MR) is 44.7 cm³/mol. The standard InChI is InChI=1S/C5H5.C4H10N.2ClH.Ti/c1-2-4-5-3-1;1-4(2,3)5;;;/h1-3H,4H2;5H,1-3H3;2*1H;/q;-1;;;+3/p-2. The molecular formula is C9H15Cl2NTi. The van der Waals surface area contributed by atoms with Gasteiger partial charge in [0.05, 0.1) is 0 Å². The van der Waals surface area contributed by atoms with E-state index in [1.165, 1.54) is 6.42 Å². The van der Waals surface area contributed by atoms with Crippen molar-refractivity contribution in [3.05, 3.63) is 22.1 Å². The molecule has 13 heavy (non-hydrogen) atoms. The van der Waals surface area contributed by atoms with Gasteiger partial charge in [-0.3, -0.25) is 0 Å². The Bertz CT molecular complexity index is 194. The van der Waals surface area contributed by atoms with Gasteiger partial charge in [0.25, 0.3) is 0 Å². The average molecular weight is 256 g/mol. The topological polar surface area (TPSA) is 12.0 Å². The molecule has 0 radical (unpaired) electrons. The van der Waals surface area contributed by atoms with Gasteiger partial charge in [-0.2, -0.15) is 0 Å². The quantitative estimate of drug-likeness (QED) is 0.500. The molecule has 0 heterocycles. The molecule has 4 heteroatoms. The van der Waals surface area contributed by atoms with Gasteiger partial charge >= 0.3 is 78.0 Å². The molecule has 1 aliphatic rings. The van der Waals surface area contributed by atoms with E-state index in [9.17, 15) is 0 Å².